The third-order valence-electron chi connectivity index (χ3n) is 3.08. The molecule has 0 aromatic heterocycles. The second kappa shape index (κ2) is 7.14. The lowest BCUT2D eigenvalue weighted by Crippen LogP contribution is -2.33. The number of hydrogen-bond acceptors (Lipinski definition) is 3. The number of anilines is 1. The van der Waals surface area contributed by atoms with E-state index >= 15 is 0 Å². The van der Waals surface area contributed by atoms with E-state index < -0.39 is 10.2 Å². The fourth-order valence-corrected chi connectivity index (χ4v) is 3.57. The number of benzene rings is 1. The standard InChI is InChI=1S/C14H17ClN2O3S/c15-13-7-6-12(5-1-4-10-18)11-14(13)16-21(19,20)17-8-2-3-9-17/h6-7,11,16,18H,2-4,8-10H2. The molecule has 114 valence electrons. The predicted octanol–water partition coefficient (Wildman–Crippen LogP) is 1.83. The Morgan fingerprint density at radius 1 is 1.33 bits per heavy atom. The van der Waals surface area contributed by atoms with Crippen LogP contribution in [-0.4, -0.2) is 37.5 Å². The third kappa shape index (κ3) is 4.35. The van der Waals surface area contributed by atoms with Crippen LogP contribution in [0.4, 0.5) is 5.69 Å². The molecule has 7 heteroatoms. The van der Waals surface area contributed by atoms with Crippen molar-refractivity contribution in [3.8, 4) is 11.8 Å². The van der Waals surface area contributed by atoms with Gasteiger partial charge in [-0.25, -0.2) is 0 Å². The summed E-state index contributed by atoms with van der Waals surface area (Å²) in [4.78, 5) is 0. The first-order chi connectivity index (χ1) is 10.0. The first kappa shape index (κ1) is 16.1. The second-order valence-electron chi connectivity index (χ2n) is 4.68. The smallest absolute Gasteiger partial charge is 0.301 e. The molecule has 1 aromatic rings. The molecule has 2 rings (SSSR count). The van der Waals surface area contributed by atoms with E-state index in [1.54, 1.807) is 18.2 Å². The normalized spacial score (nSPS) is 15.5. The highest BCUT2D eigenvalue weighted by molar-refractivity contribution is 7.90. The van der Waals surface area contributed by atoms with Crippen LogP contribution in [-0.2, 0) is 10.2 Å². The van der Waals surface area contributed by atoms with Crippen LogP contribution in [0.1, 0.15) is 24.8 Å². The maximum absolute atomic E-state index is 12.2. The molecule has 0 unspecified atom stereocenters. The van der Waals surface area contributed by atoms with Crippen LogP contribution in [0, 0.1) is 11.8 Å². The summed E-state index contributed by atoms with van der Waals surface area (Å²) in [5.74, 6) is 5.64. The Labute approximate surface area is 130 Å². The Morgan fingerprint density at radius 3 is 2.71 bits per heavy atom. The highest BCUT2D eigenvalue weighted by Gasteiger charge is 2.25. The molecule has 21 heavy (non-hydrogen) atoms. The van der Waals surface area contributed by atoms with Gasteiger partial charge < -0.3 is 5.11 Å². The maximum Gasteiger partial charge on any atom is 0.301 e. The van der Waals surface area contributed by atoms with Crippen LogP contribution in [0.2, 0.25) is 5.02 Å². The van der Waals surface area contributed by atoms with Gasteiger partial charge in [0.05, 0.1) is 17.3 Å². The van der Waals surface area contributed by atoms with E-state index in [1.165, 1.54) is 4.31 Å². The minimum Gasteiger partial charge on any atom is -0.395 e. The van der Waals surface area contributed by atoms with Crippen LogP contribution in [0.3, 0.4) is 0 Å². The molecule has 1 saturated heterocycles. The zero-order valence-corrected chi connectivity index (χ0v) is 13.0. The minimum absolute atomic E-state index is 0.00492. The number of nitrogens with one attached hydrogen (secondary N) is 1. The van der Waals surface area contributed by atoms with E-state index in [-0.39, 0.29) is 6.61 Å². The quantitative estimate of drug-likeness (QED) is 0.828. The van der Waals surface area contributed by atoms with Gasteiger partial charge in [-0.2, -0.15) is 12.7 Å². The molecule has 1 aliphatic heterocycles. The van der Waals surface area contributed by atoms with E-state index in [1.807, 2.05) is 0 Å². The molecular formula is C14H17ClN2O3S. The summed E-state index contributed by atoms with van der Waals surface area (Å²) in [7, 11) is -3.57. The number of halogens is 1. The molecule has 0 radical (unpaired) electrons. The topological polar surface area (TPSA) is 69.6 Å². The van der Waals surface area contributed by atoms with Gasteiger partial charge in [0.2, 0.25) is 0 Å². The largest absolute Gasteiger partial charge is 0.395 e. The van der Waals surface area contributed by atoms with Gasteiger partial charge in [-0.3, -0.25) is 4.72 Å². The molecule has 0 aliphatic carbocycles. The Bertz CT molecular complexity index is 659. The van der Waals surface area contributed by atoms with Gasteiger partial charge in [0.25, 0.3) is 0 Å². The Hall–Kier alpha value is -1.26. The SMILES string of the molecule is O=S(=O)(Nc1cc(C#CCCO)ccc1Cl)N1CCCC1. The van der Waals surface area contributed by atoms with Gasteiger partial charge >= 0.3 is 10.2 Å². The van der Waals surface area contributed by atoms with Crippen molar-refractivity contribution in [2.75, 3.05) is 24.4 Å². The number of rotatable bonds is 4. The third-order valence-corrected chi connectivity index (χ3v) is 4.93. The highest BCUT2D eigenvalue weighted by Crippen LogP contribution is 2.25. The molecule has 0 bridgehead atoms. The van der Waals surface area contributed by atoms with Gasteiger partial charge in [-0.15, -0.1) is 0 Å². The fourth-order valence-electron chi connectivity index (χ4n) is 2.03. The lowest BCUT2D eigenvalue weighted by atomic mass is 10.2. The van der Waals surface area contributed by atoms with Crippen molar-refractivity contribution >= 4 is 27.5 Å². The van der Waals surface area contributed by atoms with Crippen molar-refractivity contribution in [1.82, 2.24) is 4.31 Å². The van der Waals surface area contributed by atoms with Crippen molar-refractivity contribution in [3.05, 3.63) is 28.8 Å². The van der Waals surface area contributed by atoms with Gasteiger partial charge in [0.1, 0.15) is 0 Å². The lowest BCUT2D eigenvalue weighted by molar-refractivity contribution is 0.305. The summed E-state index contributed by atoms with van der Waals surface area (Å²) in [6.07, 6.45) is 2.13. The van der Waals surface area contributed by atoms with Crippen LogP contribution >= 0.6 is 11.6 Å². The summed E-state index contributed by atoms with van der Waals surface area (Å²) in [6, 6.07) is 4.91. The zero-order valence-electron chi connectivity index (χ0n) is 11.5. The molecule has 1 aliphatic rings. The van der Waals surface area contributed by atoms with Crippen LogP contribution in [0.15, 0.2) is 18.2 Å². The van der Waals surface area contributed by atoms with Gasteiger partial charge in [0.15, 0.2) is 0 Å². The van der Waals surface area contributed by atoms with Crippen LogP contribution < -0.4 is 4.72 Å². The van der Waals surface area contributed by atoms with Gasteiger partial charge in [0, 0.05) is 25.1 Å². The second-order valence-corrected chi connectivity index (χ2v) is 6.76. The van der Waals surface area contributed by atoms with Gasteiger partial charge in [-0.1, -0.05) is 23.4 Å². The molecule has 0 amide bonds. The van der Waals surface area contributed by atoms with Crippen LogP contribution in [0.25, 0.3) is 0 Å². The average molecular weight is 329 g/mol. The summed E-state index contributed by atoms with van der Waals surface area (Å²) < 4.78 is 28.3. The molecule has 0 atom stereocenters. The first-order valence-electron chi connectivity index (χ1n) is 6.70. The summed E-state index contributed by atoms with van der Waals surface area (Å²) in [5, 5.41) is 9.02. The predicted molar refractivity (Wildman–Crippen MR) is 83.4 cm³/mol. The average Bonchev–Trinajstić information content (AvgIpc) is 2.97. The summed E-state index contributed by atoms with van der Waals surface area (Å²) >= 11 is 6.04. The van der Waals surface area contributed by atoms with Crippen molar-refractivity contribution in [2.24, 2.45) is 0 Å². The van der Waals surface area contributed by atoms with Crippen molar-refractivity contribution in [3.63, 3.8) is 0 Å². The maximum atomic E-state index is 12.2. The Balaban J connectivity index is 2.19. The Morgan fingerprint density at radius 2 is 2.05 bits per heavy atom. The molecular weight excluding hydrogens is 312 g/mol. The Kier molecular flexibility index (Phi) is 5.48. The zero-order chi connectivity index (χ0) is 15.3. The fraction of sp³-hybridized carbons (Fsp3) is 0.429. The number of aliphatic hydroxyl groups excluding tert-OH is 1. The minimum atomic E-state index is -3.57. The number of aliphatic hydroxyl groups is 1. The molecule has 1 aromatic carbocycles. The summed E-state index contributed by atoms with van der Waals surface area (Å²) in [6.45, 7) is 1.06. The molecule has 0 spiro atoms. The summed E-state index contributed by atoms with van der Waals surface area (Å²) in [5.41, 5.74) is 0.964. The van der Waals surface area contributed by atoms with E-state index in [0.29, 0.717) is 35.8 Å². The van der Waals surface area contributed by atoms with E-state index in [2.05, 4.69) is 16.6 Å². The van der Waals surface area contributed by atoms with E-state index in [9.17, 15) is 8.42 Å². The molecule has 5 nitrogen and oxygen atoms in total. The lowest BCUT2D eigenvalue weighted by Gasteiger charge is -2.17. The van der Waals surface area contributed by atoms with Gasteiger partial charge in [-0.05, 0) is 31.0 Å². The highest BCUT2D eigenvalue weighted by atomic mass is 35.5. The van der Waals surface area contributed by atoms with Crippen LogP contribution in [0.5, 0.6) is 0 Å². The molecule has 2 N–H and O–H groups in total. The monoisotopic (exact) mass is 328 g/mol. The van der Waals surface area contributed by atoms with Crippen molar-refractivity contribution in [1.29, 1.82) is 0 Å². The first-order valence-corrected chi connectivity index (χ1v) is 8.52. The molecule has 0 saturated carbocycles. The van der Waals surface area contributed by atoms with E-state index in [0.717, 1.165) is 12.8 Å². The number of nitrogens with zero attached hydrogens (tertiary/aromatic N) is 1. The van der Waals surface area contributed by atoms with E-state index in [4.69, 9.17) is 16.7 Å². The molecule has 1 fully saturated rings. The van der Waals surface area contributed by atoms with Crippen molar-refractivity contribution in [2.45, 2.75) is 19.3 Å². The van der Waals surface area contributed by atoms with Crippen molar-refractivity contribution < 1.29 is 13.5 Å². The number of hydrogen-bond donors (Lipinski definition) is 2. The molecule has 1 heterocycles.